The van der Waals surface area contributed by atoms with Crippen LogP contribution >= 0.6 is 11.6 Å². The summed E-state index contributed by atoms with van der Waals surface area (Å²) in [7, 11) is 0. The number of rotatable bonds is 6. The molecule has 0 aliphatic carbocycles. The van der Waals surface area contributed by atoms with Gasteiger partial charge in [-0.3, -0.25) is 9.88 Å². The van der Waals surface area contributed by atoms with Crippen molar-refractivity contribution in [3.63, 3.8) is 0 Å². The van der Waals surface area contributed by atoms with Gasteiger partial charge in [0.15, 0.2) is 11.3 Å². The third-order valence-corrected chi connectivity index (χ3v) is 7.32. The highest BCUT2D eigenvalue weighted by molar-refractivity contribution is 6.39. The number of benzene rings is 1. The van der Waals surface area contributed by atoms with Gasteiger partial charge in [0.2, 0.25) is 11.8 Å². The third kappa shape index (κ3) is 4.33. The standard InChI is InChI=1S/C26H22ClFN10O2/c1-30-15-5-6-18(16(28)14-15)36-11-8-35(9-12-36)10-13-37-21(25(39)40)20(27)19-23(37)33-26(29)38-24(19)32-22(34-38)17-4-2-3-7-31-17/h2-7,14H,8-13H2,(H2,29,33)(H,39,40). The molecule has 4 aromatic heterocycles. The van der Waals surface area contributed by atoms with Gasteiger partial charge in [-0.05, 0) is 24.3 Å². The van der Waals surface area contributed by atoms with E-state index in [-0.39, 0.29) is 34.5 Å². The monoisotopic (exact) mass is 560 g/mol. The van der Waals surface area contributed by atoms with Crippen molar-refractivity contribution in [3.8, 4) is 11.5 Å². The summed E-state index contributed by atoms with van der Waals surface area (Å²) in [4.78, 5) is 33.0. The molecule has 1 aromatic carbocycles. The van der Waals surface area contributed by atoms with E-state index in [2.05, 4.69) is 29.8 Å². The van der Waals surface area contributed by atoms with Crippen molar-refractivity contribution in [1.29, 1.82) is 0 Å². The van der Waals surface area contributed by atoms with Gasteiger partial charge in [0.05, 0.1) is 22.7 Å². The van der Waals surface area contributed by atoms with Crippen molar-refractivity contribution in [2.45, 2.75) is 6.54 Å². The molecule has 0 spiro atoms. The number of carboxylic acid groups (broad SMARTS) is 1. The second-order valence-electron chi connectivity index (χ2n) is 9.25. The van der Waals surface area contributed by atoms with Crippen LogP contribution in [-0.4, -0.2) is 77.8 Å². The van der Waals surface area contributed by atoms with Crippen molar-refractivity contribution in [2.75, 3.05) is 43.4 Å². The van der Waals surface area contributed by atoms with Crippen LogP contribution in [0.4, 0.5) is 21.7 Å². The van der Waals surface area contributed by atoms with Crippen LogP contribution in [0.25, 0.3) is 33.0 Å². The highest BCUT2D eigenvalue weighted by Crippen LogP contribution is 2.34. The summed E-state index contributed by atoms with van der Waals surface area (Å²) in [5.74, 6) is -1.28. The van der Waals surface area contributed by atoms with Gasteiger partial charge in [-0.25, -0.2) is 19.0 Å². The Morgan fingerprint density at radius 2 is 1.93 bits per heavy atom. The molecule has 1 fully saturated rings. The van der Waals surface area contributed by atoms with Gasteiger partial charge >= 0.3 is 5.97 Å². The van der Waals surface area contributed by atoms with E-state index < -0.39 is 11.8 Å². The van der Waals surface area contributed by atoms with Gasteiger partial charge in [-0.15, -0.1) is 5.10 Å². The molecule has 5 heterocycles. The number of hydrogen-bond donors (Lipinski definition) is 2. The summed E-state index contributed by atoms with van der Waals surface area (Å²) in [6.45, 7) is 10.3. The minimum Gasteiger partial charge on any atom is -0.477 e. The fraction of sp³-hybridized carbons (Fsp3) is 0.231. The Hall–Kier alpha value is -4.80. The van der Waals surface area contributed by atoms with Crippen LogP contribution in [0.15, 0.2) is 42.6 Å². The molecule has 0 unspecified atom stereocenters. The Morgan fingerprint density at radius 3 is 2.60 bits per heavy atom. The number of nitrogen functional groups attached to an aromatic ring is 1. The second kappa shape index (κ2) is 10.1. The van der Waals surface area contributed by atoms with Crippen molar-refractivity contribution in [1.82, 2.24) is 34.0 Å². The van der Waals surface area contributed by atoms with E-state index in [9.17, 15) is 14.3 Å². The van der Waals surface area contributed by atoms with Crippen LogP contribution in [-0.2, 0) is 6.54 Å². The first kappa shape index (κ1) is 25.5. The van der Waals surface area contributed by atoms with Gasteiger partial charge in [-0.2, -0.15) is 9.50 Å². The number of hydrogen-bond acceptors (Lipinski definition) is 8. The molecule has 12 nitrogen and oxygen atoms in total. The quantitative estimate of drug-likeness (QED) is 0.299. The molecule has 5 aromatic rings. The fourth-order valence-corrected chi connectivity index (χ4v) is 5.34. The zero-order valence-corrected chi connectivity index (χ0v) is 21.8. The lowest BCUT2D eigenvalue weighted by Gasteiger charge is -2.36. The molecular weight excluding hydrogens is 539 g/mol. The lowest BCUT2D eigenvalue weighted by Crippen LogP contribution is -2.47. The number of fused-ring (bicyclic) bond motifs is 3. The van der Waals surface area contributed by atoms with Gasteiger partial charge in [0, 0.05) is 45.5 Å². The number of nitrogens with two attached hydrogens (primary N) is 1. The molecule has 40 heavy (non-hydrogen) atoms. The lowest BCUT2D eigenvalue weighted by molar-refractivity contribution is 0.0684. The first-order valence-electron chi connectivity index (χ1n) is 12.4. The molecule has 3 N–H and O–H groups in total. The van der Waals surface area contributed by atoms with E-state index in [1.165, 1.54) is 10.6 Å². The summed E-state index contributed by atoms with van der Waals surface area (Å²) >= 11 is 6.64. The second-order valence-corrected chi connectivity index (χ2v) is 9.63. The maximum atomic E-state index is 14.5. The largest absolute Gasteiger partial charge is 0.477 e. The molecule has 202 valence electrons. The van der Waals surface area contributed by atoms with E-state index in [0.717, 1.165) is 0 Å². The Morgan fingerprint density at radius 1 is 1.12 bits per heavy atom. The molecule has 6 rings (SSSR count). The van der Waals surface area contributed by atoms with Crippen LogP contribution in [0.2, 0.25) is 5.02 Å². The van der Waals surface area contributed by atoms with E-state index in [1.807, 2.05) is 4.90 Å². The van der Waals surface area contributed by atoms with Gasteiger partial charge in [0.1, 0.15) is 22.9 Å². The summed E-state index contributed by atoms with van der Waals surface area (Å²) < 4.78 is 17.4. The topological polar surface area (TPSA) is 135 Å². The van der Waals surface area contributed by atoms with Crippen molar-refractivity contribution in [3.05, 3.63) is 70.5 Å². The number of carbonyl (C=O) groups is 1. The summed E-state index contributed by atoms with van der Waals surface area (Å²) in [6.07, 6.45) is 1.62. The van der Waals surface area contributed by atoms with Crippen LogP contribution < -0.4 is 10.6 Å². The zero-order chi connectivity index (χ0) is 28.0. The van der Waals surface area contributed by atoms with Gasteiger partial charge in [0.25, 0.3) is 0 Å². The number of halogens is 2. The summed E-state index contributed by atoms with van der Waals surface area (Å²) in [5, 5.41) is 14.8. The summed E-state index contributed by atoms with van der Waals surface area (Å²) in [5.41, 5.74) is 7.94. The normalized spacial score (nSPS) is 14.2. The molecule has 1 aliphatic rings. The minimum atomic E-state index is -1.20. The molecule has 1 saturated heterocycles. The number of piperazine rings is 1. The molecule has 14 heteroatoms. The van der Waals surface area contributed by atoms with Crippen LogP contribution in [0.3, 0.4) is 0 Å². The first-order valence-corrected chi connectivity index (χ1v) is 12.8. The average Bonchev–Trinajstić information content (AvgIpc) is 3.52. The number of nitrogens with zero attached hydrogens (tertiary/aromatic N) is 9. The smallest absolute Gasteiger partial charge is 0.354 e. The van der Waals surface area contributed by atoms with Crippen LogP contribution in [0.1, 0.15) is 10.5 Å². The van der Waals surface area contributed by atoms with Gasteiger partial charge < -0.3 is 20.3 Å². The predicted molar refractivity (Wildman–Crippen MR) is 147 cm³/mol. The van der Waals surface area contributed by atoms with E-state index in [0.29, 0.717) is 61.0 Å². The van der Waals surface area contributed by atoms with Crippen LogP contribution in [0.5, 0.6) is 0 Å². The SMILES string of the molecule is [C-]#[N+]c1ccc(N2CCN(CCn3c(C(=O)O)c(Cl)c4c3nc(N)n3nc(-c5ccccn5)nc43)CC2)c(F)c1. The maximum Gasteiger partial charge on any atom is 0.354 e. The molecule has 0 bridgehead atoms. The third-order valence-electron chi connectivity index (χ3n) is 6.95. The molecular formula is C26H22ClFN10O2. The predicted octanol–water partition coefficient (Wildman–Crippen LogP) is 3.59. The lowest BCUT2D eigenvalue weighted by atomic mass is 10.2. The summed E-state index contributed by atoms with van der Waals surface area (Å²) in [6, 6.07) is 9.81. The number of carboxylic acids is 1. The molecule has 1 aliphatic heterocycles. The Kier molecular flexibility index (Phi) is 6.41. The minimum absolute atomic E-state index is 0.00289. The highest BCUT2D eigenvalue weighted by atomic mass is 35.5. The number of aromatic carboxylic acids is 1. The molecule has 0 amide bonds. The Labute approximate surface area is 231 Å². The number of aromatic nitrogens is 6. The zero-order valence-electron chi connectivity index (χ0n) is 21.0. The number of pyridine rings is 1. The maximum absolute atomic E-state index is 14.5. The molecule has 0 saturated carbocycles. The van der Waals surface area contributed by atoms with Crippen molar-refractivity contribution < 1.29 is 14.3 Å². The Bertz CT molecular complexity index is 1810. The van der Waals surface area contributed by atoms with Crippen LogP contribution in [0, 0.1) is 12.4 Å². The van der Waals surface area contributed by atoms with Crippen molar-refractivity contribution in [2.24, 2.45) is 0 Å². The van der Waals surface area contributed by atoms with E-state index in [1.54, 1.807) is 41.1 Å². The fourth-order valence-electron chi connectivity index (χ4n) is 4.99. The molecule has 0 atom stereocenters. The number of anilines is 2. The Balaban J connectivity index is 1.28. The van der Waals surface area contributed by atoms with Gasteiger partial charge in [-0.1, -0.05) is 23.7 Å². The highest BCUT2D eigenvalue weighted by Gasteiger charge is 2.28. The first-order chi connectivity index (χ1) is 19.4. The average molecular weight is 561 g/mol. The van der Waals surface area contributed by atoms with E-state index in [4.69, 9.17) is 23.9 Å². The van der Waals surface area contributed by atoms with E-state index >= 15 is 0 Å². The van der Waals surface area contributed by atoms with Crippen molar-refractivity contribution >= 4 is 51.6 Å². The molecule has 0 radical (unpaired) electrons.